The molecule has 0 heterocycles. The fourth-order valence-electron chi connectivity index (χ4n) is 15.6. The van der Waals surface area contributed by atoms with E-state index >= 15 is 0 Å². The lowest BCUT2D eigenvalue weighted by Crippen LogP contribution is -2.51. The van der Waals surface area contributed by atoms with Crippen molar-refractivity contribution < 1.29 is 66.7 Å². The molecule has 0 spiro atoms. The Morgan fingerprint density at radius 2 is 0.938 bits per heavy atom. The number of benzene rings is 2. The van der Waals surface area contributed by atoms with Crippen molar-refractivity contribution >= 4 is 36.3 Å². The predicted octanol–water partition coefficient (Wildman–Crippen LogP) is 9.28. The highest BCUT2D eigenvalue weighted by atomic mass is 32.2. The molecule has 12 fully saturated rings. The minimum Gasteiger partial charge on any atom is -0.493 e. The minimum absolute atomic E-state index is 0.0883. The molecule has 360 valence electrons. The van der Waals surface area contributed by atoms with Gasteiger partial charge in [0.15, 0.2) is 6.61 Å². The van der Waals surface area contributed by atoms with E-state index < -0.39 is 53.6 Å². The van der Waals surface area contributed by atoms with Gasteiger partial charge in [0.25, 0.3) is 20.2 Å². The average Bonchev–Trinajstić information content (AvgIpc) is 3.20. The summed E-state index contributed by atoms with van der Waals surface area (Å²) >= 11 is 0. The van der Waals surface area contributed by atoms with E-state index in [1.807, 2.05) is 0 Å². The van der Waals surface area contributed by atoms with E-state index in [4.69, 9.17) is 18.6 Å². The van der Waals surface area contributed by atoms with Gasteiger partial charge in [0, 0.05) is 10.8 Å². The second-order valence-electron chi connectivity index (χ2n) is 22.2. The van der Waals surface area contributed by atoms with Crippen LogP contribution >= 0.6 is 0 Å². The Balaban J connectivity index is 0.000000123. The molecule has 0 saturated heterocycles. The summed E-state index contributed by atoms with van der Waals surface area (Å²) < 4.78 is 136. The van der Waals surface area contributed by atoms with Crippen LogP contribution in [0, 0.1) is 69.5 Å². The van der Waals surface area contributed by atoms with Gasteiger partial charge in [0.1, 0.15) is 16.4 Å². The van der Waals surface area contributed by atoms with E-state index in [0.717, 1.165) is 61.4 Å². The number of hydrogen-bond acceptors (Lipinski definition) is 10. The van der Waals surface area contributed by atoms with Crippen molar-refractivity contribution in [1.29, 1.82) is 0 Å². The number of halogens is 2. The van der Waals surface area contributed by atoms with Gasteiger partial charge >= 0.3 is 21.3 Å². The molecule has 0 aliphatic heterocycles. The zero-order valence-corrected chi connectivity index (χ0v) is 39.0. The van der Waals surface area contributed by atoms with E-state index in [1.165, 1.54) is 95.2 Å². The number of esters is 1. The van der Waals surface area contributed by atoms with E-state index in [1.54, 1.807) is 30.3 Å². The Bertz CT molecular complexity index is 2330. The molecular formula is C47H62F2O13S3. The number of carbonyl (C=O) groups excluding carboxylic acids is 1. The Kier molecular flexibility index (Phi) is 12.5. The van der Waals surface area contributed by atoms with Crippen LogP contribution in [0.2, 0.25) is 0 Å². The number of alkyl halides is 2. The number of hydrogen-bond donors (Lipinski definition) is 3. The standard InChI is InChI=1S/2C17H22O4S.C13H18F2O5S/c18-22(19,20)16-3-1-15(2-4-16)21-11-17-8-12-5-13(9-17)7-14(6-12)10-17;18-22(19,20)16-4-2-1-3-15(16)21-11-17-8-12-5-13(9-17)7-14(6-12)10-17;14-13(15,21(17,18)19)7-20-11(16)12-4-8-1-9(5-12)3-10(2-8)6-12/h2*1-4,12-14H,5-11H2,(H,18,19,20);8-10H,1-7H2,(H,17,18,19). The third-order valence-electron chi connectivity index (χ3n) is 16.9. The lowest BCUT2D eigenvalue weighted by molar-refractivity contribution is -0.176. The van der Waals surface area contributed by atoms with E-state index in [2.05, 4.69) is 4.74 Å². The van der Waals surface area contributed by atoms with Crippen molar-refractivity contribution in [3.8, 4) is 11.5 Å². The van der Waals surface area contributed by atoms with Gasteiger partial charge < -0.3 is 14.2 Å². The molecule has 12 saturated carbocycles. The zero-order chi connectivity index (χ0) is 46.2. The van der Waals surface area contributed by atoms with Gasteiger partial charge in [-0.1, -0.05) is 12.1 Å². The van der Waals surface area contributed by atoms with Crippen LogP contribution in [0.15, 0.2) is 58.3 Å². The topological polar surface area (TPSA) is 208 Å². The van der Waals surface area contributed by atoms with Crippen LogP contribution < -0.4 is 9.47 Å². The van der Waals surface area contributed by atoms with Crippen molar-refractivity contribution in [2.24, 2.45) is 69.5 Å². The number of rotatable bonds is 12. The quantitative estimate of drug-likeness (QED) is 0.134. The van der Waals surface area contributed by atoms with Crippen LogP contribution in [0.25, 0.3) is 0 Å². The molecule has 12 aliphatic rings. The van der Waals surface area contributed by atoms with Crippen molar-refractivity contribution in [2.45, 2.75) is 131 Å². The van der Waals surface area contributed by atoms with E-state index in [-0.39, 0.29) is 21.0 Å². The molecule has 0 unspecified atom stereocenters. The van der Waals surface area contributed by atoms with Crippen LogP contribution in [0.3, 0.4) is 0 Å². The van der Waals surface area contributed by atoms with Gasteiger partial charge in [-0.2, -0.15) is 34.0 Å². The number of carbonyl (C=O) groups is 1. The molecule has 12 aliphatic carbocycles. The lowest BCUT2D eigenvalue weighted by Gasteiger charge is -2.56. The predicted molar refractivity (Wildman–Crippen MR) is 233 cm³/mol. The van der Waals surface area contributed by atoms with Gasteiger partial charge in [-0.05, 0) is 205 Å². The van der Waals surface area contributed by atoms with Crippen molar-refractivity contribution in [1.82, 2.24) is 0 Å². The molecule has 0 amide bonds. The van der Waals surface area contributed by atoms with Gasteiger partial charge in [0.2, 0.25) is 0 Å². The molecule has 0 atom stereocenters. The van der Waals surface area contributed by atoms with Gasteiger partial charge in [-0.3, -0.25) is 18.5 Å². The Labute approximate surface area is 381 Å². The second kappa shape index (κ2) is 17.3. The third-order valence-corrected chi connectivity index (χ3v) is 19.5. The maximum Gasteiger partial charge on any atom is 0.402 e. The smallest absolute Gasteiger partial charge is 0.402 e. The number of para-hydroxylation sites is 1. The van der Waals surface area contributed by atoms with Crippen molar-refractivity contribution in [2.75, 3.05) is 19.8 Å². The Morgan fingerprint density at radius 1 is 0.554 bits per heavy atom. The maximum absolute atomic E-state index is 13.1. The minimum atomic E-state index is -5.56. The van der Waals surface area contributed by atoms with Crippen LogP contribution in [0.5, 0.6) is 11.5 Å². The second-order valence-corrected chi connectivity index (χ2v) is 26.5. The Morgan fingerprint density at radius 3 is 1.32 bits per heavy atom. The van der Waals surface area contributed by atoms with Crippen LogP contribution in [0.1, 0.15) is 116 Å². The fraction of sp³-hybridized carbons (Fsp3) is 0.723. The SMILES string of the molecule is O=C(OCC(F)(F)S(=O)(=O)O)C12CC3CC(CC(C3)C1)C2.O=S(=O)(O)c1ccc(OCC23CC4CC(CC(C4)C2)C3)cc1.O=S(=O)(O)c1ccccc1OCC12CC3CC(CC(C3)C1)C2. The van der Waals surface area contributed by atoms with Crippen molar-refractivity contribution in [3.05, 3.63) is 48.5 Å². The Hall–Kier alpha value is -2.90. The van der Waals surface area contributed by atoms with Crippen molar-refractivity contribution in [3.63, 3.8) is 0 Å². The summed E-state index contributed by atoms with van der Waals surface area (Å²) in [6.07, 6.45) is 21.1. The highest BCUT2D eigenvalue weighted by Gasteiger charge is 2.57. The molecule has 0 radical (unpaired) electrons. The first-order valence-electron chi connectivity index (χ1n) is 23.4. The zero-order valence-electron chi connectivity index (χ0n) is 36.6. The monoisotopic (exact) mass is 968 g/mol. The summed E-state index contributed by atoms with van der Waals surface area (Å²) in [6.45, 7) is -0.308. The summed E-state index contributed by atoms with van der Waals surface area (Å²) in [6, 6.07) is 12.4. The fourth-order valence-corrected chi connectivity index (χ4v) is 16.9. The first kappa shape index (κ1) is 47.2. The molecule has 13 nitrogen and oxygen atoms in total. The van der Waals surface area contributed by atoms with E-state index in [9.17, 15) is 43.4 Å². The molecule has 14 rings (SSSR count). The van der Waals surface area contributed by atoms with Crippen LogP contribution in [-0.4, -0.2) is 70.0 Å². The summed E-state index contributed by atoms with van der Waals surface area (Å²) in [5.74, 6) is 6.80. The summed E-state index contributed by atoms with van der Waals surface area (Å²) in [4.78, 5) is 12.0. The molecule has 0 aromatic heterocycles. The highest BCUT2D eigenvalue weighted by Crippen LogP contribution is 2.62. The number of ether oxygens (including phenoxy) is 3. The molecule has 65 heavy (non-hydrogen) atoms. The van der Waals surface area contributed by atoms with E-state index in [0.29, 0.717) is 54.8 Å². The summed E-state index contributed by atoms with van der Waals surface area (Å²) in [5, 5.41) is -4.45. The largest absolute Gasteiger partial charge is 0.493 e. The van der Waals surface area contributed by atoms with Gasteiger partial charge in [0.05, 0.1) is 23.5 Å². The highest BCUT2D eigenvalue weighted by molar-refractivity contribution is 7.87. The summed E-state index contributed by atoms with van der Waals surface area (Å²) in [5.41, 5.74) is -0.151. The average molecular weight is 969 g/mol. The third kappa shape index (κ3) is 10.3. The normalized spacial score (nSPS) is 37.2. The first-order chi connectivity index (χ1) is 30.5. The first-order valence-corrected chi connectivity index (χ1v) is 27.7. The molecule has 2 aromatic rings. The van der Waals surface area contributed by atoms with Crippen LogP contribution in [-0.2, 0) is 39.9 Å². The van der Waals surface area contributed by atoms with Crippen LogP contribution in [0.4, 0.5) is 8.78 Å². The molecule has 3 N–H and O–H groups in total. The lowest BCUT2D eigenvalue weighted by atomic mass is 9.49. The van der Waals surface area contributed by atoms with Gasteiger partial charge in [-0.15, -0.1) is 0 Å². The molecular weight excluding hydrogens is 907 g/mol. The molecule has 18 heteroatoms. The van der Waals surface area contributed by atoms with Gasteiger partial charge in [-0.25, -0.2) is 0 Å². The molecule has 12 bridgehead atoms. The summed E-state index contributed by atoms with van der Waals surface area (Å²) in [7, 11) is -13.9. The molecule has 2 aromatic carbocycles. The maximum atomic E-state index is 13.1.